The lowest BCUT2D eigenvalue weighted by molar-refractivity contribution is -0.387. The SMILES string of the molecule is CCOC(=O)CSc1ccnc(N[C@@H](C)c2ccc(C(C)OC)cc2)c1[N+](=O)[O-]. The van der Waals surface area contributed by atoms with Crippen LogP contribution in [0.5, 0.6) is 0 Å². The maximum Gasteiger partial charge on any atom is 0.324 e. The van der Waals surface area contributed by atoms with Crippen LogP contribution in [0, 0.1) is 10.1 Å². The quantitative estimate of drug-likeness (QED) is 0.259. The Kier molecular flexibility index (Phi) is 8.41. The van der Waals surface area contributed by atoms with Crippen molar-refractivity contribution in [3.8, 4) is 0 Å². The third-order valence-electron chi connectivity index (χ3n) is 4.33. The number of benzene rings is 1. The molecule has 0 fully saturated rings. The first-order valence-electron chi connectivity index (χ1n) is 9.18. The molecule has 1 N–H and O–H groups in total. The van der Waals surface area contributed by atoms with Crippen molar-refractivity contribution >= 4 is 29.2 Å². The van der Waals surface area contributed by atoms with Gasteiger partial charge in [0.2, 0.25) is 5.82 Å². The average molecular weight is 420 g/mol. The number of nitro groups is 1. The molecule has 0 radical (unpaired) electrons. The van der Waals surface area contributed by atoms with Gasteiger partial charge in [0, 0.05) is 13.3 Å². The van der Waals surface area contributed by atoms with Crippen LogP contribution in [0.15, 0.2) is 41.4 Å². The van der Waals surface area contributed by atoms with E-state index in [9.17, 15) is 14.9 Å². The zero-order chi connectivity index (χ0) is 21.4. The van der Waals surface area contributed by atoms with E-state index in [4.69, 9.17) is 9.47 Å². The van der Waals surface area contributed by atoms with E-state index in [1.54, 1.807) is 14.0 Å². The second-order valence-electron chi connectivity index (χ2n) is 6.27. The number of nitrogens with one attached hydrogen (secondary N) is 1. The molecule has 2 atom stereocenters. The van der Waals surface area contributed by atoms with Gasteiger partial charge in [0.15, 0.2) is 0 Å². The van der Waals surface area contributed by atoms with Gasteiger partial charge in [-0.05, 0) is 38.0 Å². The molecule has 0 amide bonds. The van der Waals surface area contributed by atoms with E-state index in [0.29, 0.717) is 4.90 Å². The summed E-state index contributed by atoms with van der Waals surface area (Å²) in [7, 11) is 1.65. The van der Waals surface area contributed by atoms with Crippen molar-refractivity contribution in [1.29, 1.82) is 0 Å². The van der Waals surface area contributed by atoms with E-state index >= 15 is 0 Å². The van der Waals surface area contributed by atoms with E-state index in [0.717, 1.165) is 22.9 Å². The monoisotopic (exact) mass is 419 g/mol. The Hall–Kier alpha value is -2.65. The number of thioether (sulfide) groups is 1. The number of hydrogen-bond acceptors (Lipinski definition) is 8. The lowest BCUT2D eigenvalue weighted by Gasteiger charge is -2.17. The van der Waals surface area contributed by atoms with Gasteiger partial charge in [0.1, 0.15) is 0 Å². The third-order valence-corrected chi connectivity index (χ3v) is 5.35. The molecule has 1 aromatic carbocycles. The zero-order valence-corrected chi connectivity index (χ0v) is 17.7. The summed E-state index contributed by atoms with van der Waals surface area (Å²) in [6, 6.07) is 9.16. The molecule has 0 aliphatic rings. The van der Waals surface area contributed by atoms with Crippen molar-refractivity contribution in [3.05, 3.63) is 57.8 Å². The van der Waals surface area contributed by atoms with Crippen LogP contribution in [0.1, 0.15) is 44.0 Å². The molecule has 2 aromatic rings. The number of anilines is 1. The minimum atomic E-state index is -0.487. The summed E-state index contributed by atoms with van der Waals surface area (Å²) in [5.74, 6) is -0.269. The van der Waals surface area contributed by atoms with Crippen molar-refractivity contribution in [2.45, 2.75) is 37.8 Å². The van der Waals surface area contributed by atoms with Crippen molar-refractivity contribution in [2.24, 2.45) is 0 Å². The van der Waals surface area contributed by atoms with Gasteiger partial charge < -0.3 is 14.8 Å². The molecule has 0 aliphatic carbocycles. The first-order chi connectivity index (χ1) is 13.9. The third kappa shape index (κ3) is 6.16. The molecule has 1 aromatic heterocycles. The first-order valence-corrected chi connectivity index (χ1v) is 10.2. The minimum Gasteiger partial charge on any atom is -0.465 e. The van der Waals surface area contributed by atoms with Crippen LogP contribution in [-0.4, -0.2) is 35.3 Å². The second kappa shape index (κ2) is 10.8. The summed E-state index contributed by atoms with van der Waals surface area (Å²) in [4.78, 5) is 27.3. The second-order valence-corrected chi connectivity index (χ2v) is 7.28. The number of aromatic nitrogens is 1. The van der Waals surface area contributed by atoms with Crippen LogP contribution in [0.4, 0.5) is 11.5 Å². The Balaban J connectivity index is 2.19. The average Bonchev–Trinajstić information content (AvgIpc) is 2.71. The van der Waals surface area contributed by atoms with Crippen LogP contribution in [0.2, 0.25) is 0 Å². The lowest BCUT2D eigenvalue weighted by Crippen LogP contribution is -2.11. The number of nitrogens with zero attached hydrogens (tertiary/aromatic N) is 2. The first kappa shape index (κ1) is 22.6. The summed E-state index contributed by atoms with van der Waals surface area (Å²) in [6.45, 7) is 5.84. The van der Waals surface area contributed by atoms with Gasteiger partial charge in [-0.25, -0.2) is 4.98 Å². The molecule has 9 heteroatoms. The highest BCUT2D eigenvalue weighted by Gasteiger charge is 2.24. The number of methoxy groups -OCH3 is 1. The number of pyridine rings is 1. The van der Waals surface area contributed by atoms with E-state index < -0.39 is 10.9 Å². The van der Waals surface area contributed by atoms with Gasteiger partial charge in [0.25, 0.3) is 0 Å². The number of rotatable bonds is 10. The maximum atomic E-state index is 11.7. The molecular weight excluding hydrogens is 394 g/mol. The predicted octanol–water partition coefficient (Wildman–Crippen LogP) is 4.53. The molecule has 0 saturated carbocycles. The van der Waals surface area contributed by atoms with Crippen LogP contribution in [-0.2, 0) is 14.3 Å². The highest BCUT2D eigenvalue weighted by molar-refractivity contribution is 8.00. The summed E-state index contributed by atoms with van der Waals surface area (Å²) in [5.41, 5.74) is 1.85. The molecule has 29 heavy (non-hydrogen) atoms. The molecular formula is C20H25N3O5S. The number of carbonyl (C=O) groups is 1. The molecule has 8 nitrogen and oxygen atoms in total. The van der Waals surface area contributed by atoms with Gasteiger partial charge in [-0.3, -0.25) is 14.9 Å². The molecule has 0 aliphatic heterocycles. The number of esters is 1. The molecule has 0 saturated heterocycles. The minimum absolute atomic E-state index is 0.00711. The van der Waals surface area contributed by atoms with Gasteiger partial charge in [-0.2, -0.15) is 0 Å². The van der Waals surface area contributed by atoms with Crippen LogP contribution in [0.25, 0.3) is 0 Å². The lowest BCUT2D eigenvalue weighted by atomic mass is 10.0. The Morgan fingerprint density at radius 2 is 1.90 bits per heavy atom. The van der Waals surface area contributed by atoms with Crippen LogP contribution in [0.3, 0.4) is 0 Å². The molecule has 1 heterocycles. The molecule has 0 bridgehead atoms. The molecule has 156 valence electrons. The van der Waals surface area contributed by atoms with E-state index in [2.05, 4.69) is 10.3 Å². The van der Waals surface area contributed by atoms with E-state index in [1.807, 2.05) is 38.1 Å². The normalized spacial score (nSPS) is 12.8. The Labute approximate surface area is 174 Å². The zero-order valence-electron chi connectivity index (χ0n) is 16.9. The number of carbonyl (C=O) groups excluding carboxylic acids is 1. The topological polar surface area (TPSA) is 104 Å². The standard InChI is InChI=1S/C20H25N3O5S/c1-5-28-18(24)12-29-17-10-11-21-20(19(17)23(25)26)22-13(2)15-6-8-16(9-7-15)14(3)27-4/h6-11,13-14H,5,12H2,1-4H3,(H,21,22)/t13-,14?/m0/s1. The highest BCUT2D eigenvalue weighted by atomic mass is 32.2. The van der Waals surface area contributed by atoms with Gasteiger partial charge in [-0.1, -0.05) is 24.3 Å². The molecule has 2 rings (SSSR count). The molecule has 0 spiro atoms. The maximum absolute atomic E-state index is 11.7. The Bertz CT molecular complexity index is 845. The fraction of sp³-hybridized carbons (Fsp3) is 0.400. The van der Waals surface area contributed by atoms with E-state index in [-0.39, 0.29) is 36.0 Å². The predicted molar refractivity (Wildman–Crippen MR) is 112 cm³/mol. The largest absolute Gasteiger partial charge is 0.465 e. The highest BCUT2D eigenvalue weighted by Crippen LogP contribution is 2.35. The van der Waals surface area contributed by atoms with Crippen molar-refractivity contribution in [1.82, 2.24) is 4.98 Å². The van der Waals surface area contributed by atoms with Crippen LogP contribution >= 0.6 is 11.8 Å². The van der Waals surface area contributed by atoms with Crippen LogP contribution < -0.4 is 5.32 Å². The fourth-order valence-corrected chi connectivity index (χ4v) is 3.48. The smallest absolute Gasteiger partial charge is 0.324 e. The Morgan fingerprint density at radius 1 is 1.24 bits per heavy atom. The molecule has 1 unspecified atom stereocenters. The van der Waals surface area contributed by atoms with Gasteiger partial charge in [-0.15, -0.1) is 11.8 Å². The van der Waals surface area contributed by atoms with Crippen molar-refractivity contribution in [3.63, 3.8) is 0 Å². The summed E-state index contributed by atoms with van der Waals surface area (Å²) in [5, 5.41) is 14.8. The summed E-state index contributed by atoms with van der Waals surface area (Å²) in [6.07, 6.45) is 1.47. The Morgan fingerprint density at radius 3 is 2.48 bits per heavy atom. The van der Waals surface area contributed by atoms with Gasteiger partial charge in [0.05, 0.1) is 34.3 Å². The summed E-state index contributed by atoms with van der Waals surface area (Å²) >= 11 is 1.06. The summed E-state index contributed by atoms with van der Waals surface area (Å²) < 4.78 is 10.2. The number of hydrogen-bond donors (Lipinski definition) is 1. The van der Waals surface area contributed by atoms with Gasteiger partial charge >= 0.3 is 11.7 Å². The fourth-order valence-electron chi connectivity index (χ4n) is 2.65. The van der Waals surface area contributed by atoms with Crippen molar-refractivity contribution < 1.29 is 19.2 Å². The van der Waals surface area contributed by atoms with Crippen molar-refractivity contribution in [2.75, 3.05) is 24.8 Å². The number of ether oxygens (including phenoxy) is 2. The van der Waals surface area contributed by atoms with E-state index in [1.165, 1.54) is 12.3 Å².